The zero-order chi connectivity index (χ0) is 19.9. The number of methoxy groups -OCH3 is 1. The Labute approximate surface area is 163 Å². The highest BCUT2D eigenvalue weighted by atomic mass is 16.6. The van der Waals surface area contributed by atoms with Gasteiger partial charge in [-0.1, -0.05) is 36.9 Å². The van der Waals surface area contributed by atoms with Gasteiger partial charge in [0.05, 0.1) is 13.2 Å². The summed E-state index contributed by atoms with van der Waals surface area (Å²) in [6.45, 7) is 4.13. The summed E-state index contributed by atoms with van der Waals surface area (Å²) in [7, 11) is 1.55. The Kier molecular flexibility index (Phi) is 6.16. The number of amides is 2. The lowest BCUT2D eigenvalue weighted by Gasteiger charge is -2.33. The van der Waals surface area contributed by atoms with E-state index in [9.17, 15) is 9.59 Å². The van der Waals surface area contributed by atoms with Crippen molar-refractivity contribution in [2.24, 2.45) is 5.92 Å². The maximum absolute atomic E-state index is 12.7. The minimum atomic E-state index is -0.776. The first-order valence-electron chi connectivity index (χ1n) is 8.83. The second kappa shape index (κ2) is 8.94. The van der Waals surface area contributed by atoms with Gasteiger partial charge in [-0.25, -0.2) is 4.79 Å². The van der Waals surface area contributed by atoms with Crippen LogP contribution in [-0.2, 0) is 9.53 Å². The second-order valence-corrected chi connectivity index (χ2v) is 6.18. The largest absolute Gasteiger partial charge is 0.497 e. The number of ether oxygens (including phenoxy) is 3. The fourth-order valence-corrected chi connectivity index (χ4v) is 2.98. The van der Waals surface area contributed by atoms with E-state index in [0.717, 1.165) is 5.56 Å². The van der Waals surface area contributed by atoms with E-state index >= 15 is 0 Å². The number of para-hydroxylation sites is 1. The van der Waals surface area contributed by atoms with E-state index in [1.54, 1.807) is 25.3 Å². The molecule has 2 N–H and O–H groups in total. The molecule has 0 unspecified atom stereocenters. The summed E-state index contributed by atoms with van der Waals surface area (Å²) in [5, 5.41) is 5.31. The molecule has 2 amide bonds. The van der Waals surface area contributed by atoms with Crippen LogP contribution in [0.3, 0.4) is 0 Å². The third-order valence-electron chi connectivity index (χ3n) is 4.32. The fraction of sp³-hybridized carbons (Fsp3) is 0.238. The molecule has 1 aliphatic heterocycles. The first-order chi connectivity index (χ1) is 13.6. The molecule has 7 nitrogen and oxygen atoms in total. The zero-order valence-corrected chi connectivity index (χ0v) is 15.5. The Bertz CT molecular complexity index is 853. The zero-order valence-electron chi connectivity index (χ0n) is 15.5. The van der Waals surface area contributed by atoms with Gasteiger partial charge in [0.25, 0.3) is 0 Å². The lowest BCUT2D eigenvalue weighted by atomic mass is 9.89. The number of hydrogen-bond acceptors (Lipinski definition) is 5. The van der Waals surface area contributed by atoms with E-state index in [1.807, 2.05) is 36.4 Å². The minimum absolute atomic E-state index is 0.0796. The highest BCUT2D eigenvalue weighted by molar-refractivity contribution is 5.85. The van der Waals surface area contributed by atoms with Crippen molar-refractivity contribution in [3.63, 3.8) is 0 Å². The van der Waals surface area contributed by atoms with Crippen molar-refractivity contribution in [1.82, 2.24) is 10.6 Å². The number of esters is 1. The Balaban J connectivity index is 1.66. The normalized spacial score (nSPS) is 18.6. The van der Waals surface area contributed by atoms with Crippen LogP contribution < -0.4 is 20.1 Å². The molecule has 7 heteroatoms. The van der Waals surface area contributed by atoms with Crippen molar-refractivity contribution in [1.29, 1.82) is 0 Å². The van der Waals surface area contributed by atoms with Crippen LogP contribution in [-0.4, -0.2) is 32.3 Å². The van der Waals surface area contributed by atoms with Crippen molar-refractivity contribution in [2.75, 3.05) is 20.3 Å². The van der Waals surface area contributed by atoms with Crippen LogP contribution in [0.1, 0.15) is 11.6 Å². The van der Waals surface area contributed by atoms with Gasteiger partial charge in [-0.15, -0.1) is 0 Å². The van der Waals surface area contributed by atoms with E-state index in [1.165, 1.54) is 0 Å². The molecule has 1 fully saturated rings. The van der Waals surface area contributed by atoms with Gasteiger partial charge in [0.1, 0.15) is 30.6 Å². The molecule has 3 rings (SSSR count). The summed E-state index contributed by atoms with van der Waals surface area (Å²) < 4.78 is 16.1. The summed E-state index contributed by atoms with van der Waals surface area (Å²) in [6.07, 6.45) is 0. The highest BCUT2D eigenvalue weighted by Gasteiger charge is 2.39. The van der Waals surface area contributed by atoms with Gasteiger partial charge in [0, 0.05) is 5.70 Å². The smallest absolute Gasteiger partial charge is 0.319 e. The highest BCUT2D eigenvalue weighted by Crippen LogP contribution is 2.32. The number of nitrogens with one attached hydrogen (secondary N) is 2. The van der Waals surface area contributed by atoms with Crippen molar-refractivity contribution < 1.29 is 23.8 Å². The summed E-state index contributed by atoms with van der Waals surface area (Å²) >= 11 is 0. The Hall–Kier alpha value is -3.48. The molecule has 1 saturated heterocycles. The lowest BCUT2D eigenvalue weighted by molar-refractivity contribution is -0.149. The standard InChI is InChI=1S/C21H22N2O5/c1-14-18(20(24)28-12-11-27-16-8-4-3-5-9-16)19(23-21(25)22-14)15-7-6-10-17(13-15)26-2/h3-10,13,18-19H,1,11-12H2,2H3,(H2,22,23,25)/t18-,19-/m1/s1. The van der Waals surface area contributed by atoms with Gasteiger partial charge in [0.15, 0.2) is 0 Å². The number of hydrogen-bond donors (Lipinski definition) is 2. The van der Waals surface area contributed by atoms with Gasteiger partial charge < -0.3 is 24.8 Å². The first-order valence-corrected chi connectivity index (χ1v) is 8.83. The number of carbonyl (C=O) groups excluding carboxylic acids is 2. The molecule has 0 spiro atoms. The van der Waals surface area contributed by atoms with E-state index in [-0.39, 0.29) is 18.9 Å². The van der Waals surface area contributed by atoms with Crippen LogP contribution in [0.4, 0.5) is 4.79 Å². The van der Waals surface area contributed by atoms with Gasteiger partial charge in [-0.05, 0) is 29.8 Å². The summed E-state index contributed by atoms with van der Waals surface area (Å²) in [5.41, 5.74) is 1.00. The van der Waals surface area contributed by atoms with Crippen molar-refractivity contribution in [2.45, 2.75) is 6.04 Å². The van der Waals surface area contributed by atoms with Crippen LogP contribution in [0.2, 0.25) is 0 Å². The van der Waals surface area contributed by atoms with Crippen molar-refractivity contribution >= 4 is 12.0 Å². The number of rotatable bonds is 7. The van der Waals surface area contributed by atoms with Crippen LogP contribution in [0.5, 0.6) is 11.5 Å². The van der Waals surface area contributed by atoms with Crippen LogP contribution in [0.15, 0.2) is 66.9 Å². The predicted octanol–water partition coefficient (Wildman–Crippen LogP) is 2.80. The molecule has 1 heterocycles. The lowest BCUT2D eigenvalue weighted by Crippen LogP contribution is -2.51. The quantitative estimate of drug-likeness (QED) is 0.568. The monoisotopic (exact) mass is 382 g/mol. The molecule has 2 atom stereocenters. The van der Waals surface area contributed by atoms with E-state index < -0.39 is 24.0 Å². The predicted molar refractivity (Wildman–Crippen MR) is 103 cm³/mol. The number of benzene rings is 2. The van der Waals surface area contributed by atoms with Crippen molar-refractivity contribution in [3.05, 3.63) is 72.4 Å². The maximum Gasteiger partial charge on any atom is 0.319 e. The summed E-state index contributed by atoms with van der Waals surface area (Å²) in [4.78, 5) is 24.6. The SMILES string of the molecule is C=C1NC(=O)N[C@H](c2cccc(OC)c2)[C@@H]1C(=O)OCCOc1ccccc1. The first kappa shape index (κ1) is 19.3. The molecule has 2 aromatic rings. The Morgan fingerprint density at radius 1 is 1.07 bits per heavy atom. The molecule has 0 aliphatic carbocycles. The van der Waals surface area contributed by atoms with Crippen molar-refractivity contribution in [3.8, 4) is 11.5 Å². The molecule has 0 bridgehead atoms. The molecule has 1 aliphatic rings. The van der Waals surface area contributed by atoms with E-state index in [0.29, 0.717) is 11.5 Å². The van der Waals surface area contributed by atoms with Crippen LogP contribution in [0.25, 0.3) is 0 Å². The van der Waals surface area contributed by atoms with Gasteiger partial charge in [0.2, 0.25) is 0 Å². The average molecular weight is 382 g/mol. The Morgan fingerprint density at radius 3 is 2.57 bits per heavy atom. The Morgan fingerprint density at radius 2 is 1.82 bits per heavy atom. The molecule has 146 valence electrons. The topological polar surface area (TPSA) is 85.9 Å². The maximum atomic E-state index is 12.7. The third-order valence-corrected chi connectivity index (χ3v) is 4.32. The van der Waals surface area contributed by atoms with Gasteiger partial charge in [-0.2, -0.15) is 0 Å². The van der Waals surface area contributed by atoms with E-state index in [4.69, 9.17) is 14.2 Å². The summed E-state index contributed by atoms with van der Waals surface area (Å²) in [6, 6.07) is 15.4. The molecule has 28 heavy (non-hydrogen) atoms. The molecule has 2 aromatic carbocycles. The molecular weight excluding hydrogens is 360 g/mol. The second-order valence-electron chi connectivity index (χ2n) is 6.18. The molecule has 0 radical (unpaired) electrons. The summed E-state index contributed by atoms with van der Waals surface area (Å²) in [5.74, 6) is 0.0478. The fourth-order valence-electron chi connectivity index (χ4n) is 2.98. The van der Waals surface area contributed by atoms with Crippen LogP contribution >= 0.6 is 0 Å². The molecule has 0 aromatic heterocycles. The average Bonchev–Trinajstić information content (AvgIpc) is 2.71. The van der Waals surface area contributed by atoms with Crippen LogP contribution in [0, 0.1) is 5.92 Å². The minimum Gasteiger partial charge on any atom is -0.497 e. The molecule has 0 saturated carbocycles. The number of carbonyl (C=O) groups is 2. The number of urea groups is 1. The van der Waals surface area contributed by atoms with Gasteiger partial charge >= 0.3 is 12.0 Å². The van der Waals surface area contributed by atoms with Gasteiger partial charge in [-0.3, -0.25) is 4.79 Å². The third kappa shape index (κ3) is 4.62. The molecular formula is C21H22N2O5. The van der Waals surface area contributed by atoms with E-state index in [2.05, 4.69) is 17.2 Å².